The second-order valence-electron chi connectivity index (χ2n) is 15.2. The summed E-state index contributed by atoms with van der Waals surface area (Å²) < 4.78 is 10.7. The first-order valence-corrected chi connectivity index (χ1v) is 21.2. The lowest BCUT2D eigenvalue weighted by molar-refractivity contribution is -0.221. The van der Waals surface area contributed by atoms with Gasteiger partial charge in [0.15, 0.2) is 0 Å². The van der Waals surface area contributed by atoms with E-state index < -0.39 is 55.5 Å². The number of aliphatic hydroxyl groups is 4. The predicted molar refractivity (Wildman–Crippen MR) is 205 cm³/mol. The van der Waals surface area contributed by atoms with Crippen molar-refractivity contribution in [1.82, 2.24) is 0 Å². The van der Waals surface area contributed by atoms with Crippen molar-refractivity contribution in [3.8, 4) is 0 Å². The smallest absolute Gasteiger partial charge is 0.312 e. The molecule has 3 unspecified atom stereocenters. The molecule has 8 nitrogen and oxygen atoms in total. The van der Waals surface area contributed by atoms with Gasteiger partial charge in [-0.1, -0.05) is 194 Å². The maximum Gasteiger partial charge on any atom is 0.312 e. The SMILES string of the molecule is CCCCCCCCCCCCCCCCC(C(=O)OC(CO)CO)C(CCCCCCCCCCCCCCCC)C(=O)OC(C)(O)CO. The molecule has 3 atom stereocenters. The van der Waals surface area contributed by atoms with E-state index in [0.29, 0.717) is 12.8 Å². The minimum absolute atomic E-state index is 0.402. The molecule has 0 aromatic heterocycles. The van der Waals surface area contributed by atoms with Crippen LogP contribution in [0.5, 0.6) is 0 Å². The number of carbonyl (C=O) groups is 2. The number of rotatable bonds is 38. The second-order valence-corrected chi connectivity index (χ2v) is 15.2. The molecule has 0 rings (SSSR count). The van der Waals surface area contributed by atoms with Crippen LogP contribution in [-0.4, -0.2) is 64.1 Å². The maximum absolute atomic E-state index is 13.4. The Hall–Kier alpha value is -1.22. The van der Waals surface area contributed by atoms with Gasteiger partial charge < -0.3 is 29.9 Å². The monoisotopic (exact) mass is 715 g/mol. The van der Waals surface area contributed by atoms with Crippen LogP contribution in [0.4, 0.5) is 0 Å². The fourth-order valence-corrected chi connectivity index (χ4v) is 6.79. The first kappa shape index (κ1) is 48.8. The number of hydrogen-bond acceptors (Lipinski definition) is 8. The average molecular weight is 715 g/mol. The number of hydrogen-bond donors (Lipinski definition) is 4. The van der Waals surface area contributed by atoms with Crippen LogP contribution >= 0.6 is 0 Å². The highest BCUT2D eigenvalue weighted by atomic mass is 16.7. The normalized spacial score (nSPS) is 14.1. The summed E-state index contributed by atoms with van der Waals surface area (Å²) in [6, 6.07) is 0. The van der Waals surface area contributed by atoms with Crippen molar-refractivity contribution >= 4 is 11.9 Å². The molecular formula is C42H82O8. The summed E-state index contributed by atoms with van der Waals surface area (Å²) in [5, 5.41) is 38.9. The summed E-state index contributed by atoms with van der Waals surface area (Å²) in [5.74, 6) is -5.08. The zero-order valence-corrected chi connectivity index (χ0v) is 33.0. The van der Waals surface area contributed by atoms with Crippen molar-refractivity contribution in [3.63, 3.8) is 0 Å². The Morgan fingerprint density at radius 2 is 0.760 bits per heavy atom. The van der Waals surface area contributed by atoms with Crippen molar-refractivity contribution in [2.75, 3.05) is 19.8 Å². The van der Waals surface area contributed by atoms with Crippen LogP contribution in [0.2, 0.25) is 0 Å². The van der Waals surface area contributed by atoms with E-state index in [1.807, 2.05) is 0 Å². The highest BCUT2D eigenvalue weighted by Crippen LogP contribution is 2.30. The molecule has 0 saturated carbocycles. The lowest BCUT2D eigenvalue weighted by atomic mass is 9.83. The van der Waals surface area contributed by atoms with Gasteiger partial charge in [0, 0.05) is 6.92 Å². The van der Waals surface area contributed by atoms with Crippen molar-refractivity contribution in [2.24, 2.45) is 11.8 Å². The quantitative estimate of drug-likeness (QED) is 0.0282. The van der Waals surface area contributed by atoms with E-state index in [9.17, 15) is 30.0 Å². The third-order valence-electron chi connectivity index (χ3n) is 10.1. The molecule has 0 aliphatic carbocycles. The van der Waals surface area contributed by atoms with Gasteiger partial charge >= 0.3 is 11.9 Å². The van der Waals surface area contributed by atoms with Crippen molar-refractivity contribution in [2.45, 2.75) is 225 Å². The molecule has 0 fully saturated rings. The molecular weight excluding hydrogens is 632 g/mol. The van der Waals surface area contributed by atoms with Gasteiger partial charge in [-0.3, -0.25) is 9.59 Å². The topological polar surface area (TPSA) is 134 Å². The highest BCUT2D eigenvalue weighted by molar-refractivity contribution is 5.82. The first-order valence-electron chi connectivity index (χ1n) is 21.2. The van der Waals surface area contributed by atoms with Gasteiger partial charge in [0.2, 0.25) is 5.79 Å². The second kappa shape index (κ2) is 34.8. The third kappa shape index (κ3) is 28.4. The lowest BCUT2D eigenvalue weighted by Crippen LogP contribution is -2.41. The first-order chi connectivity index (χ1) is 24.3. The van der Waals surface area contributed by atoms with Gasteiger partial charge in [-0.25, -0.2) is 0 Å². The molecule has 0 aromatic rings. The standard InChI is InChI=1S/C42H82O8/c1-4-6-8-10-12-14-16-18-20-22-24-26-28-30-32-38(40(46)49-37(34-43)35-44)39(41(47)50-42(3,48)36-45)33-31-29-27-25-23-21-19-17-15-13-11-9-7-5-2/h37-39,43-45,48H,4-36H2,1-3H3. The Morgan fingerprint density at radius 1 is 0.480 bits per heavy atom. The highest BCUT2D eigenvalue weighted by Gasteiger charge is 2.39. The van der Waals surface area contributed by atoms with E-state index in [1.165, 1.54) is 135 Å². The minimum Gasteiger partial charge on any atom is -0.457 e. The predicted octanol–water partition coefficient (Wildman–Crippen LogP) is 10.1. The van der Waals surface area contributed by atoms with Crippen LogP contribution < -0.4 is 0 Å². The van der Waals surface area contributed by atoms with Crippen molar-refractivity contribution in [3.05, 3.63) is 0 Å². The summed E-state index contributed by atoms with van der Waals surface area (Å²) >= 11 is 0. The van der Waals surface area contributed by atoms with Gasteiger partial charge in [-0.2, -0.15) is 0 Å². The summed E-state index contributed by atoms with van der Waals surface area (Å²) in [4.78, 5) is 26.8. The van der Waals surface area contributed by atoms with E-state index in [0.717, 1.165) is 51.4 Å². The van der Waals surface area contributed by atoms with Crippen LogP contribution in [0.1, 0.15) is 213 Å². The van der Waals surface area contributed by atoms with E-state index >= 15 is 0 Å². The zero-order chi connectivity index (χ0) is 37.1. The Bertz CT molecular complexity index is 754. The maximum atomic E-state index is 13.4. The number of ether oxygens (including phenoxy) is 2. The Morgan fingerprint density at radius 3 is 1.04 bits per heavy atom. The van der Waals surface area contributed by atoms with Crippen molar-refractivity contribution in [1.29, 1.82) is 0 Å². The Balaban J connectivity index is 4.88. The van der Waals surface area contributed by atoms with Gasteiger partial charge in [-0.15, -0.1) is 0 Å². The molecule has 298 valence electrons. The largest absolute Gasteiger partial charge is 0.457 e. The fourth-order valence-electron chi connectivity index (χ4n) is 6.79. The Kier molecular flexibility index (Phi) is 34.0. The van der Waals surface area contributed by atoms with Gasteiger partial charge in [-0.05, 0) is 12.8 Å². The molecule has 8 heteroatoms. The number of esters is 2. The molecule has 0 spiro atoms. The molecule has 4 N–H and O–H groups in total. The van der Waals surface area contributed by atoms with Crippen molar-refractivity contribution < 1.29 is 39.5 Å². The summed E-state index contributed by atoms with van der Waals surface area (Å²) in [6.45, 7) is 3.95. The number of carbonyl (C=O) groups excluding carboxylic acids is 2. The van der Waals surface area contributed by atoms with Gasteiger partial charge in [0.05, 0.1) is 25.0 Å². The molecule has 50 heavy (non-hydrogen) atoms. The molecule has 0 bridgehead atoms. The molecule has 0 aliphatic rings. The van der Waals surface area contributed by atoms with E-state index in [2.05, 4.69) is 13.8 Å². The number of aliphatic hydroxyl groups excluding tert-OH is 3. The summed E-state index contributed by atoms with van der Waals surface area (Å²) in [7, 11) is 0. The Labute approximate surface area is 307 Å². The number of unbranched alkanes of at least 4 members (excludes halogenated alkanes) is 26. The lowest BCUT2D eigenvalue weighted by Gasteiger charge is -2.29. The third-order valence-corrected chi connectivity index (χ3v) is 10.1. The molecule has 0 saturated heterocycles. The fraction of sp³-hybridized carbons (Fsp3) is 0.952. The van der Waals surface area contributed by atoms with Gasteiger partial charge in [0.1, 0.15) is 12.7 Å². The minimum atomic E-state index is -2.05. The van der Waals surface area contributed by atoms with E-state index in [-0.39, 0.29) is 0 Å². The van der Waals surface area contributed by atoms with Gasteiger partial charge in [0.25, 0.3) is 0 Å². The average Bonchev–Trinajstić information content (AvgIpc) is 3.10. The summed E-state index contributed by atoms with van der Waals surface area (Å²) in [5.41, 5.74) is 0. The molecule has 0 radical (unpaired) electrons. The van der Waals surface area contributed by atoms with Crippen LogP contribution in [0.15, 0.2) is 0 Å². The molecule has 0 amide bonds. The molecule has 0 aliphatic heterocycles. The van der Waals surface area contributed by atoms with Crippen LogP contribution in [0, 0.1) is 11.8 Å². The molecule has 0 aromatic carbocycles. The van der Waals surface area contributed by atoms with E-state index in [1.54, 1.807) is 0 Å². The van der Waals surface area contributed by atoms with E-state index in [4.69, 9.17) is 9.47 Å². The molecule has 0 heterocycles. The van der Waals surface area contributed by atoms with Crippen LogP contribution in [-0.2, 0) is 19.1 Å². The summed E-state index contributed by atoms with van der Waals surface area (Å²) in [6.07, 6.45) is 33.7. The van der Waals surface area contributed by atoms with Crippen LogP contribution in [0.25, 0.3) is 0 Å². The van der Waals surface area contributed by atoms with Crippen LogP contribution in [0.3, 0.4) is 0 Å². The zero-order valence-electron chi connectivity index (χ0n) is 33.0.